The van der Waals surface area contributed by atoms with E-state index in [0.29, 0.717) is 58.1 Å². The molecule has 0 unspecified atom stereocenters. The summed E-state index contributed by atoms with van der Waals surface area (Å²) in [6.45, 7) is 3.74. The first-order valence-corrected chi connectivity index (χ1v) is 8.14. The second kappa shape index (κ2) is 16.6. The predicted octanol–water partition coefficient (Wildman–Crippen LogP) is 0.0386. The van der Waals surface area contributed by atoms with Gasteiger partial charge < -0.3 is 29.4 Å². The first kappa shape index (κ1) is 21.3. The van der Waals surface area contributed by atoms with Crippen molar-refractivity contribution in [1.29, 1.82) is 0 Å². The van der Waals surface area contributed by atoms with Crippen molar-refractivity contribution in [2.45, 2.75) is 6.42 Å². The van der Waals surface area contributed by atoms with E-state index in [2.05, 4.69) is 21.2 Å². The van der Waals surface area contributed by atoms with E-state index in [1.165, 1.54) is 0 Å². The van der Waals surface area contributed by atoms with Gasteiger partial charge in [-0.15, -0.1) is 0 Å². The maximum atomic E-state index is 10.9. The van der Waals surface area contributed by atoms with Crippen LogP contribution in [0, 0.1) is 0 Å². The summed E-state index contributed by atoms with van der Waals surface area (Å²) in [6, 6.07) is 0. The fourth-order valence-corrected chi connectivity index (χ4v) is 1.43. The van der Waals surface area contributed by atoms with Gasteiger partial charge in [0.15, 0.2) is 0 Å². The Labute approximate surface area is 138 Å². The van der Waals surface area contributed by atoms with Crippen LogP contribution in [-0.2, 0) is 28.5 Å². The lowest BCUT2D eigenvalue weighted by Gasteiger charge is -2.07. The van der Waals surface area contributed by atoms with E-state index in [1.54, 1.807) is 0 Å². The van der Waals surface area contributed by atoms with Crippen LogP contribution in [0.2, 0.25) is 0 Å². The van der Waals surface area contributed by atoms with Gasteiger partial charge in [-0.1, -0.05) is 15.9 Å². The Morgan fingerprint density at radius 2 is 1.27 bits per heavy atom. The summed E-state index contributed by atoms with van der Waals surface area (Å²) in [5.74, 6) is -0.939. The highest BCUT2D eigenvalue weighted by Crippen LogP contribution is 1.85. The number of rotatable bonds is 16. The Balaban J connectivity index is 3.02. The molecule has 0 aliphatic heterocycles. The van der Waals surface area contributed by atoms with Gasteiger partial charge in [-0.2, -0.15) is 0 Å². The molecule has 0 aromatic carbocycles. The number of halogens is 1. The van der Waals surface area contributed by atoms with Crippen molar-refractivity contribution < 1.29 is 33.6 Å². The molecule has 0 aromatic rings. The number of carboxylic acids is 1. The highest BCUT2D eigenvalue weighted by molar-refractivity contribution is 9.09. The molecule has 0 heterocycles. The molecule has 0 radical (unpaired) electrons. The maximum absolute atomic E-state index is 10.9. The molecule has 0 aliphatic rings. The van der Waals surface area contributed by atoms with Gasteiger partial charge in [-0.3, -0.25) is 9.59 Å². The quantitative estimate of drug-likeness (QED) is 0.285. The first-order valence-electron chi connectivity index (χ1n) is 7.02. The van der Waals surface area contributed by atoms with Crippen LogP contribution in [0.4, 0.5) is 0 Å². The lowest BCUT2D eigenvalue weighted by atomic mass is 10.5. The van der Waals surface area contributed by atoms with Gasteiger partial charge in [-0.25, -0.2) is 0 Å². The van der Waals surface area contributed by atoms with Gasteiger partial charge >= 0.3 is 5.97 Å². The molecule has 9 heteroatoms. The molecule has 2 N–H and O–H groups in total. The second-order valence-corrected chi connectivity index (χ2v) is 4.64. The average Bonchev–Trinajstić information content (AvgIpc) is 2.50. The van der Waals surface area contributed by atoms with Crippen LogP contribution < -0.4 is 5.32 Å². The molecule has 0 bridgehead atoms. The molecular formula is C13H24BrNO7. The lowest BCUT2D eigenvalue weighted by Crippen LogP contribution is -2.28. The monoisotopic (exact) mass is 385 g/mol. The fourth-order valence-electron chi connectivity index (χ4n) is 1.23. The number of carbonyl (C=O) groups excluding carboxylic acids is 1. The summed E-state index contributed by atoms with van der Waals surface area (Å²) in [7, 11) is 0. The zero-order valence-electron chi connectivity index (χ0n) is 12.6. The van der Waals surface area contributed by atoms with Crippen molar-refractivity contribution in [3.8, 4) is 0 Å². The Morgan fingerprint density at radius 3 is 1.73 bits per heavy atom. The standard InChI is InChI=1S/C13H24BrNO7/c14-11-12(16)15-2-4-20-6-8-22-10-9-21-7-5-19-3-1-13(17)18/h1-11H2,(H,15,16)(H,17,18). The molecule has 0 atom stereocenters. The Kier molecular flexibility index (Phi) is 16.1. The van der Waals surface area contributed by atoms with Gasteiger partial charge in [-0.05, 0) is 0 Å². The zero-order chi connectivity index (χ0) is 16.5. The van der Waals surface area contributed by atoms with Gasteiger partial charge in [0, 0.05) is 6.54 Å². The number of alkyl halides is 1. The smallest absolute Gasteiger partial charge is 0.305 e. The van der Waals surface area contributed by atoms with Crippen molar-refractivity contribution in [2.75, 3.05) is 64.7 Å². The summed E-state index contributed by atoms with van der Waals surface area (Å²) in [5.41, 5.74) is 0. The third kappa shape index (κ3) is 17.3. The molecule has 130 valence electrons. The largest absolute Gasteiger partial charge is 0.481 e. The SMILES string of the molecule is O=C(O)CCOCCOCCOCCOCCNC(=O)CBr. The van der Waals surface area contributed by atoms with Crippen LogP contribution >= 0.6 is 15.9 Å². The van der Waals surface area contributed by atoms with E-state index in [9.17, 15) is 9.59 Å². The third-order valence-electron chi connectivity index (χ3n) is 2.27. The number of amides is 1. The van der Waals surface area contributed by atoms with Gasteiger partial charge in [0.2, 0.25) is 5.91 Å². The molecule has 1 amide bonds. The number of aliphatic carboxylic acids is 1. The predicted molar refractivity (Wildman–Crippen MR) is 82.3 cm³/mol. The molecule has 0 spiro atoms. The maximum Gasteiger partial charge on any atom is 0.305 e. The van der Waals surface area contributed by atoms with Crippen molar-refractivity contribution in [2.24, 2.45) is 0 Å². The van der Waals surface area contributed by atoms with Crippen LogP contribution in [-0.4, -0.2) is 81.7 Å². The van der Waals surface area contributed by atoms with E-state index in [0.717, 1.165) is 0 Å². The minimum absolute atomic E-state index is 0.00288. The number of carbonyl (C=O) groups is 2. The molecule has 0 rings (SSSR count). The Hall–Kier alpha value is -0.740. The van der Waals surface area contributed by atoms with Crippen LogP contribution in [0.15, 0.2) is 0 Å². The van der Waals surface area contributed by atoms with E-state index in [1.807, 2.05) is 0 Å². The normalized spacial score (nSPS) is 10.6. The molecule has 0 saturated carbocycles. The third-order valence-corrected chi connectivity index (χ3v) is 2.78. The van der Waals surface area contributed by atoms with E-state index in [4.69, 9.17) is 24.1 Å². The number of carboxylic acid groups (broad SMARTS) is 1. The molecule has 8 nitrogen and oxygen atoms in total. The molecule has 0 aromatic heterocycles. The Bertz CT molecular complexity index is 292. The zero-order valence-corrected chi connectivity index (χ0v) is 14.1. The number of hydrogen-bond donors (Lipinski definition) is 2. The lowest BCUT2D eigenvalue weighted by molar-refractivity contribution is -0.138. The van der Waals surface area contributed by atoms with Crippen molar-refractivity contribution in [1.82, 2.24) is 5.32 Å². The van der Waals surface area contributed by atoms with E-state index >= 15 is 0 Å². The molecule has 22 heavy (non-hydrogen) atoms. The molecule has 0 fully saturated rings. The van der Waals surface area contributed by atoms with Crippen LogP contribution in [0.1, 0.15) is 6.42 Å². The van der Waals surface area contributed by atoms with E-state index in [-0.39, 0.29) is 18.9 Å². The first-order chi connectivity index (χ1) is 10.7. The number of nitrogens with one attached hydrogen (secondary N) is 1. The van der Waals surface area contributed by atoms with Crippen molar-refractivity contribution in [3.63, 3.8) is 0 Å². The topological polar surface area (TPSA) is 103 Å². The average molecular weight is 386 g/mol. The van der Waals surface area contributed by atoms with Crippen molar-refractivity contribution >= 4 is 27.8 Å². The minimum atomic E-state index is -0.873. The van der Waals surface area contributed by atoms with Crippen LogP contribution in [0.3, 0.4) is 0 Å². The van der Waals surface area contributed by atoms with Gasteiger partial charge in [0.25, 0.3) is 0 Å². The van der Waals surface area contributed by atoms with Gasteiger partial charge in [0.05, 0.1) is 64.6 Å². The van der Waals surface area contributed by atoms with Crippen LogP contribution in [0.5, 0.6) is 0 Å². The van der Waals surface area contributed by atoms with Crippen LogP contribution in [0.25, 0.3) is 0 Å². The molecule has 0 saturated heterocycles. The number of ether oxygens (including phenoxy) is 4. The second-order valence-electron chi connectivity index (χ2n) is 4.08. The summed E-state index contributed by atoms with van der Waals surface area (Å²) < 4.78 is 20.8. The minimum Gasteiger partial charge on any atom is -0.481 e. The summed E-state index contributed by atoms with van der Waals surface area (Å²) in [4.78, 5) is 21.1. The summed E-state index contributed by atoms with van der Waals surface area (Å²) >= 11 is 3.05. The highest BCUT2D eigenvalue weighted by atomic mass is 79.9. The Morgan fingerprint density at radius 1 is 0.818 bits per heavy atom. The molecular weight excluding hydrogens is 362 g/mol. The van der Waals surface area contributed by atoms with E-state index < -0.39 is 5.97 Å². The molecule has 0 aliphatic carbocycles. The number of hydrogen-bond acceptors (Lipinski definition) is 6. The summed E-state index contributed by atoms with van der Waals surface area (Å²) in [6.07, 6.45) is 0.00288. The highest BCUT2D eigenvalue weighted by Gasteiger charge is 1.97. The van der Waals surface area contributed by atoms with Crippen molar-refractivity contribution in [3.05, 3.63) is 0 Å². The summed E-state index contributed by atoms with van der Waals surface area (Å²) in [5, 5.41) is 11.3. The van der Waals surface area contributed by atoms with Gasteiger partial charge in [0.1, 0.15) is 0 Å². The fraction of sp³-hybridized carbons (Fsp3) is 0.846.